The molecule has 1 aliphatic heterocycles. The van der Waals surface area contributed by atoms with E-state index >= 15 is 0 Å². The van der Waals surface area contributed by atoms with Crippen LogP contribution in [0.5, 0.6) is 0 Å². The average molecular weight is 1210 g/mol. The smallest absolute Gasteiger partial charge is 0.245 e. The van der Waals surface area contributed by atoms with Crippen LogP contribution in [0.15, 0.2) is 12.2 Å². The van der Waals surface area contributed by atoms with E-state index in [0.717, 1.165) is 0 Å². The molecule has 0 spiro atoms. The first-order valence-electron chi connectivity index (χ1n) is 31.6. The van der Waals surface area contributed by atoms with Crippen molar-refractivity contribution in [3.8, 4) is 6.07 Å². The van der Waals surface area contributed by atoms with E-state index in [2.05, 4.69) is 16.7 Å². The molecule has 0 aliphatic carbocycles. The third-order valence-electron chi connectivity index (χ3n) is 16.9. The number of carbonyl (C=O) groups is 11. The second-order valence-corrected chi connectivity index (χ2v) is 26.4. The van der Waals surface area contributed by atoms with Crippen LogP contribution in [-0.2, 0) is 57.5 Å². The molecule has 0 bridgehead atoms. The van der Waals surface area contributed by atoms with Gasteiger partial charge in [0.05, 0.1) is 48.4 Å². The van der Waals surface area contributed by atoms with Gasteiger partial charge in [-0.3, -0.25) is 52.7 Å². The van der Waals surface area contributed by atoms with E-state index in [-0.39, 0.29) is 82.1 Å². The monoisotopic (exact) mass is 1210 g/mol. The van der Waals surface area contributed by atoms with Gasteiger partial charge in [0.2, 0.25) is 35.4 Å². The van der Waals surface area contributed by atoms with Gasteiger partial charge in [-0.05, 0) is 94.8 Å². The Morgan fingerprint density at radius 3 is 1.63 bits per heavy atom. The Hall–Kier alpha value is -5.68. The maximum Gasteiger partial charge on any atom is 0.245 e. The molecule has 0 saturated carbocycles. The minimum absolute atomic E-state index is 0.0771. The van der Waals surface area contributed by atoms with Crippen molar-refractivity contribution in [2.45, 2.75) is 243 Å². The number of aliphatic hydroxyl groups excluding tert-OH is 1. The first-order valence-corrected chi connectivity index (χ1v) is 31.6. The molecule has 0 aromatic carbocycles. The Bertz CT molecular complexity index is 2360. The minimum atomic E-state index is -1.39. The topological polar surface area (TPSA) is 278 Å². The number of hydrogen-bond acceptors (Lipinski definition) is 14. The number of ether oxygens (including phenoxy) is 1. The number of unbranched alkanes of at least 4 members (excludes halogenated alkanes) is 1. The predicted molar refractivity (Wildman–Crippen MR) is 331 cm³/mol. The van der Waals surface area contributed by atoms with Gasteiger partial charge in [-0.25, -0.2) is 0 Å². The second-order valence-electron chi connectivity index (χ2n) is 26.4. The molecule has 0 unspecified atom stereocenters. The highest BCUT2D eigenvalue weighted by atomic mass is 16.5. The highest BCUT2D eigenvalue weighted by Crippen LogP contribution is 2.30. The molecule has 13 atom stereocenters. The van der Waals surface area contributed by atoms with Gasteiger partial charge in [0, 0.05) is 97.5 Å². The molecule has 6 amide bonds. The van der Waals surface area contributed by atoms with Crippen LogP contribution >= 0.6 is 0 Å². The normalized spacial score (nSPS) is 27.0. The summed E-state index contributed by atoms with van der Waals surface area (Å²) in [6.07, 6.45) is 0.680. The zero-order valence-corrected chi connectivity index (χ0v) is 56.0. The lowest BCUT2D eigenvalue weighted by molar-refractivity contribution is -0.148. The Kier molecular flexibility index (Phi) is 34.5. The maximum atomic E-state index is 14.9. The Morgan fingerprint density at radius 2 is 1.13 bits per heavy atom. The lowest BCUT2D eigenvalue weighted by Crippen LogP contribution is -2.53. The van der Waals surface area contributed by atoms with Crippen LogP contribution in [0.4, 0.5) is 0 Å². The summed E-state index contributed by atoms with van der Waals surface area (Å²) < 4.78 is 6.05. The first kappa shape index (κ1) is 78.3. The van der Waals surface area contributed by atoms with Crippen LogP contribution < -0.4 is 10.6 Å². The zero-order chi connectivity index (χ0) is 66.2. The number of carbonyl (C=O) groups excluding carboxylic acids is 11. The molecule has 1 rings (SSSR count). The molecule has 20 nitrogen and oxygen atoms in total. The number of nitrogens with one attached hydrogen (secondary N) is 2. The summed E-state index contributed by atoms with van der Waals surface area (Å²) in [7, 11) is 5.85. The number of ketones is 5. The van der Waals surface area contributed by atoms with Crippen LogP contribution in [0.1, 0.15) is 194 Å². The Labute approximate surface area is 515 Å². The van der Waals surface area contributed by atoms with Crippen molar-refractivity contribution in [2.75, 3.05) is 34.8 Å². The van der Waals surface area contributed by atoms with Crippen molar-refractivity contribution in [3.05, 3.63) is 12.2 Å². The summed E-state index contributed by atoms with van der Waals surface area (Å²) in [6.45, 7) is 28.3. The molecule has 0 aromatic heterocycles. The molecule has 3 N–H and O–H groups in total. The number of rotatable bonds is 18. The van der Waals surface area contributed by atoms with Crippen LogP contribution in [0, 0.1) is 70.5 Å². The van der Waals surface area contributed by atoms with Crippen molar-refractivity contribution in [1.82, 2.24) is 30.2 Å². The maximum absolute atomic E-state index is 14.9. The van der Waals surface area contributed by atoms with Crippen molar-refractivity contribution < 1.29 is 62.6 Å². The predicted octanol–water partition coefficient (Wildman–Crippen LogP) is 7.50. The van der Waals surface area contributed by atoms with Gasteiger partial charge in [-0.1, -0.05) is 102 Å². The van der Waals surface area contributed by atoms with Gasteiger partial charge < -0.3 is 40.1 Å². The van der Waals surface area contributed by atoms with Gasteiger partial charge in [0.15, 0.2) is 28.9 Å². The van der Waals surface area contributed by atoms with E-state index < -0.39 is 167 Å². The molecule has 488 valence electrons. The van der Waals surface area contributed by atoms with Crippen LogP contribution in [0.2, 0.25) is 0 Å². The Balaban J connectivity index is 4.23. The van der Waals surface area contributed by atoms with E-state index in [0.29, 0.717) is 12.8 Å². The average Bonchev–Trinajstić information content (AvgIpc) is 1.52. The number of nitriles is 1. The molecular formula is C66H111N7O13. The van der Waals surface area contributed by atoms with Gasteiger partial charge in [0.1, 0.15) is 12.1 Å². The van der Waals surface area contributed by atoms with Crippen molar-refractivity contribution in [2.24, 2.45) is 59.2 Å². The summed E-state index contributed by atoms with van der Waals surface area (Å²) in [5.41, 5.74) is 0. The fraction of sp³-hybridized carbons (Fsp3) is 0.788. The number of allylic oxidation sites excluding steroid dienone is 2. The van der Waals surface area contributed by atoms with Crippen molar-refractivity contribution >= 4 is 64.4 Å². The molecular weight excluding hydrogens is 1100 g/mol. The highest BCUT2D eigenvalue weighted by Gasteiger charge is 2.43. The standard InChI is InChI=1S/C66H111N7O13/c1-21-23-26-43(13)61(80)49-37-56(77)59(42(11)12)73(20)65(84)47(31-38(3)4)35-55(76)52(33-40(7)8)70(17)64(83)45(15)68-62(81)44(14)34-54(75)51(32-39(5)6)71(18)66(85)48(41(9)10)36-57(78)60(46(16)86-30-25-24-29-67)72(19)58(79)28-27-53(74)50(22-2)69-63(49)82/h21,23,38-52,59-61,80H,22,24-28,30-37H2,1-20H3,(H,68,81)(H,69,82)/b23-21+/t43-,44-,45-,46-,47-,48+,49+,50+,51+,52+,59+,60+,61-/m1/s1. The second kappa shape index (κ2) is 37.9. The molecule has 1 heterocycles. The summed E-state index contributed by atoms with van der Waals surface area (Å²) in [6, 6.07) is -4.68. The fourth-order valence-electron chi connectivity index (χ4n) is 11.7. The van der Waals surface area contributed by atoms with Crippen LogP contribution in [0.25, 0.3) is 0 Å². The SMILES string of the molecule is C/C=C/C[C@@H](C)[C@@H](O)[C@@H]1CC(=O)[C@H](C(C)C)N(C)C(=O)[C@H](CC(C)C)CC(=O)[C@H](CC(C)C)N(C)C(=O)[C@@H](C)NC(=O)[C@H](C)CC(=O)[C@H](CC(C)C)N(C)C(=O)[C@H](C(C)C)CC(=O)[C@H]([C@@H](C)OCCCC#N)N(C)C(=O)CCC(=O)[C@H](CC)NC1=O. The van der Waals surface area contributed by atoms with Gasteiger partial charge in [-0.15, -0.1) is 0 Å². The molecule has 0 aromatic rings. The van der Waals surface area contributed by atoms with Crippen molar-refractivity contribution in [3.63, 3.8) is 0 Å². The van der Waals surface area contributed by atoms with E-state index in [1.165, 1.54) is 54.7 Å². The first-order chi connectivity index (χ1) is 40.0. The number of amides is 6. The number of hydrogen-bond donors (Lipinski definition) is 3. The molecule has 0 radical (unpaired) electrons. The lowest BCUT2D eigenvalue weighted by atomic mass is 9.82. The lowest BCUT2D eigenvalue weighted by Gasteiger charge is -2.36. The van der Waals surface area contributed by atoms with Gasteiger partial charge in [0.25, 0.3) is 0 Å². The molecule has 1 saturated heterocycles. The molecule has 20 heteroatoms. The fourth-order valence-corrected chi connectivity index (χ4v) is 11.7. The van der Waals surface area contributed by atoms with Gasteiger partial charge in [-0.2, -0.15) is 5.26 Å². The van der Waals surface area contributed by atoms with E-state index in [4.69, 9.17) is 4.74 Å². The van der Waals surface area contributed by atoms with E-state index in [9.17, 15) is 63.1 Å². The van der Waals surface area contributed by atoms with Crippen LogP contribution in [0.3, 0.4) is 0 Å². The van der Waals surface area contributed by atoms with Crippen molar-refractivity contribution in [1.29, 1.82) is 5.26 Å². The number of likely N-dealkylation sites (N-methyl/N-ethyl adjacent to an activating group) is 4. The van der Waals surface area contributed by atoms with E-state index in [1.807, 2.05) is 54.5 Å². The number of Topliss-reactive ketones (excluding diaryl/α,β-unsaturated/α-hetero) is 5. The van der Waals surface area contributed by atoms with Gasteiger partial charge >= 0.3 is 0 Å². The molecule has 1 aliphatic rings. The number of nitrogens with zero attached hydrogens (tertiary/aromatic N) is 5. The summed E-state index contributed by atoms with van der Waals surface area (Å²) in [5.74, 6) is -12.1. The quantitative estimate of drug-likeness (QED) is 0.0886. The summed E-state index contributed by atoms with van der Waals surface area (Å²) >= 11 is 0. The third-order valence-corrected chi connectivity index (χ3v) is 16.9. The molecule has 86 heavy (non-hydrogen) atoms. The van der Waals surface area contributed by atoms with Crippen LogP contribution in [-0.4, -0.2) is 172 Å². The zero-order valence-electron chi connectivity index (χ0n) is 56.0. The number of aliphatic hydroxyl groups is 1. The largest absolute Gasteiger partial charge is 0.392 e. The van der Waals surface area contributed by atoms with E-state index in [1.54, 1.807) is 61.5 Å². The minimum Gasteiger partial charge on any atom is -0.392 e. The highest BCUT2D eigenvalue weighted by molar-refractivity contribution is 5.99. The molecule has 1 fully saturated rings. The summed E-state index contributed by atoms with van der Waals surface area (Å²) in [4.78, 5) is 165. The summed E-state index contributed by atoms with van der Waals surface area (Å²) in [5, 5.41) is 26.6. The third kappa shape index (κ3) is 24.1. The Morgan fingerprint density at radius 1 is 0.605 bits per heavy atom.